The summed E-state index contributed by atoms with van der Waals surface area (Å²) in [5.74, 6) is 0. The fourth-order valence-electron chi connectivity index (χ4n) is 3.10. The van der Waals surface area contributed by atoms with Gasteiger partial charge in [0.25, 0.3) is 0 Å². The van der Waals surface area contributed by atoms with Crippen LogP contribution in [0.2, 0.25) is 0 Å². The molecule has 5 heteroatoms. The van der Waals surface area contributed by atoms with Gasteiger partial charge in [0.15, 0.2) is 0 Å². The van der Waals surface area contributed by atoms with Crippen molar-refractivity contribution in [1.29, 1.82) is 5.26 Å². The van der Waals surface area contributed by atoms with Crippen LogP contribution in [0.15, 0.2) is 48.7 Å². The Morgan fingerprint density at radius 2 is 1.78 bits per heavy atom. The molecule has 1 aromatic heterocycles. The van der Waals surface area contributed by atoms with Crippen LogP contribution in [0, 0.1) is 11.3 Å². The molecule has 0 N–H and O–H groups in total. The molecule has 1 aromatic carbocycles. The quantitative estimate of drug-likeness (QED) is 0.701. The first kappa shape index (κ1) is 20.4. The van der Waals surface area contributed by atoms with Gasteiger partial charge in [-0.3, -0.25) is 0 Å². The monoisotopic (exact) mass is 365 g/mol. The number of nitrogens with zero attached hydrogens (tertiary/aromatic N) is 3. The molecule has 0 aliphatic rings. The molecule has 0 aliphatic heterocycles. The SMILES string of the molecule is CC(C)N(C(=O)OC(CCc1ccccc1)c1ccc(C#N)nc1)C(C)C. The Hall–Kier alpha value is -2.87. The maximum atomic E-state index is 12.8. The Morgan fingerprint density at radius 1 is 1.11 bits per heavy atom. The number of aromatic nitrogens is 1. The zero-order valence-corrected chi connectivity index (χ0v) is 16.4. The Labute approximate surface area is 161 Å². The molecule has 2 rings (SSSR count). The molecule has 1 amide bonds. The van der Waals surface area contributed by atoms with Crippen molar-refractivity contribution in [3.05, 3.63) is 65.5 Å². The van der Waals surface area contributed by atoms with Gasteiger partial charge in [-0.05, 0) is 52.2 Å². The average molecular weight is 365 g/mol. The number of benzene rings is 1. The molecular formula is C22H27N3O2. The highest BCUT2D eigenvalue weighted by Crippen LogP contribution is 2.25. The molecule has 142 valence electrons. The normalized spacial score (nSPS) is 11.9. The van der Waals surface area contributed by atoms with E-state index in [1.54, 1.807) is 17.2 Å². The van der Waals surface area contributed by atoms with Crippen LogP contribution in [0.4, 0.5) is 4.79 Å². The zero-order valence-electron chi connectivity index (χ0n) is 16.4. The Morgan fingerprint density at radius 3 is 2.30 bits per heavy atom. The van der Waals surface area contributed by atoms with E-state index in [1.165, 1.54) is 5.56 Å². The lowest BCUT2D eigenvalue weighted by molar-refractivity contribution is 0.0415. The van der Waals surface area contributed by atoms with Crippen LogP contribution < -0.4 is 0 Å². The number of rotatable bonds is 7. The predicted octanol–water partition coefficient (Wildman–Crippen LogP) is 4.88. The number of pyridine rings is 1. The lowest BCUT2D eigenvalue weighted by atomic mass is 10.0. The fraction of sp³-hybridized carbons (Fsp3) is 0.409. The van der Waals surface area contributed by atoms with Gasteiger partial charge in [-0.25, -0.2) is 9.78 Å². The number of ether oxygens (including phenoxy) is 1. The summed E-state index contributed by atoms with van der Waals surface area (Å²) in [7, 11) is 0. The minimum Gasteiger partial charge on any atom is -0.441 e. The standard InChI is InChI=1S/C22H27N3O2/c1-16(2)25(17(3)4)22(26)27-21(13-10-18-8-6-5-7-9-18)19-11-12-20(14-23)24-15-19/h5-9,11-12,15-17,21H,10,13H2,1-4H3. The lowest BCUT2D eigenvalue weighted by Gasteiger charge is -2.31. The molecule has 1 atom stereocenters. The summed E-state index contributed by atoms with van der Waals surface area (Å²) < 4.78 is 5.88. The number of carbonyl (C=O) groups excluding carboxylic acids is 1. The molecule has 2 aromatic rings. The zero-order chi connectivity index (χ0) is 19.8. The second-order valence-electron chi connectivity index (χ2n) is 7.08. The van der Waals surface area contributed by atoms with Crippen LogP contribution in [0.5, 0.6) is 0 Å². The molecule has 0 radical (unpaired) electrons. The summed E-state index contributed by atoms with van der Waals surface area (Å²) in [6.45, 7) is 7.90. The molecule has 0 bridgehead atoms. The van der Waals surface area contributed by atoms with Gasteiger partial charge in [-0.2, -0.15) is 5.26 Å². The van der Waals surface area contributed by atoms with Crippen molar-refractivity contribution in [2.24, 2.45) is 0 Å². The van der Waals surface area contributed by atoms with E-state index >= 15 is 0 Å². The van der Waals surface area contributed by atoms with Crippen LogP contribution in [0.3, 0.4) is 0 Å². The number of aryl methyl sites for hydroxylation is 1. The molecule has 0 aliphatic carbocycles. The summed E-state index contributed by atoms with van der Waals surface area (Å²) >= 11 is 0. The van der Waals surface area contributed by atoms with Gasteiger partial charge in [-0.1, -0.05) is 36.4 Å². The third kappa shape index (κ3) is 5.82. The van der Waals surface area contributed by atoms with Gasteiger partial charge < -0.3 is 9.64 Å². The molecule has 0 saturated carbocycles. The maximum Gasteiger partial charge on any atom is 0.410 e. The van der Waals surface area contributed by atoms with Crippen molar-refractivity contribution in [3.8, 4) is 6.07 Å². The van der Waals surface area contributed by atoms with Gasteiger partial charge in [0.2, 0.25) is 0 Å². The van der Waals surface area contributed by atoms with Crippen LogP contribution in [0.1, 0.15) is 57.0 Å². The smallest absolute Gasteiger partial charge is 0.410 e. The third-order valence-corrected chi connectivity index (χ3v) is 4.38. The topological polar surface area (TPSA) is 66.2 Å². The number of amides is 1. The van der Waals surface area contributed by atoms with Crippen molar-refractivity contribution in [3.63, 3.8) is 0 Å². The summed E-state index contributed by atoms with van der Waals surface area (Å²) in [4.78, 5) is 18.6. The lowest BCUT2D eigenvalue weighted by Crippen LogP contribution is -2.42. The Balaban J connectivity index is 2.20. The molecule has 0 spiro atoms. The largest absolute Gasteiger partial charge is 0.441 e. The molecule has 0 saturated heterocycles. The van der Waals surface area contributed by atoms with Crippen molar-refractivity contribution >= 4 is 6.09 Å². The van der Waals surface area contributed by atoms with E-state index < -0.39 is 6.10 Å². The van der Waals surface area contributed by atoms with E-state index in [4.69, 9.17) is 10.00 Å². The summed E-state index contributed by atoms with van der Waals surface area (Å²) in [5, 5.41) is 8.95. The van der Waals surface area contributed by atoms with E-state index in [-0.39, 0.29) is 18.2 Å². The summed E-state index contributed by atoms with van der Waals surface area (Å²) in [6.07, 6.45) is 2.30. The minimum absolute atomic E-state index is 0.0476. The average Bonchev–Trinajstić information content (AvgIpc) is 2.65. The second kappa shape index (κ2) is 9.72. The number of hydrogen-bond acceptors (Lipinski definition) is 4. The van der Waals surface area contributed by atoms with E-state index in [9.17, 15) is 4.79 Å². The summed E-state index contributed by atoms with van der Waals surface area (Å²) in [6, 6.07) is 15.7. The molecule has 1 heterocycles. The van der Waals surface area contributed by atoms with Gasteiger partial charge in [0.1, 0.15) is 17.9 Å². The van der Waals surface area contributed by atoms with Crippen LogP contribution in [-0.2, 0) is 11.2 Å². The fourth-order valence-corrected chi connectivity index (χ4v) is 3.10. The van der Waals surface area contributed by atoms with E-state index in [0.717, 1.165) is 12.0 Å². The van der Waals surface area contributed by atoms with E-state index in [1.807, 2.05) is 58.0 Å². The number of carbonyl (C=O) groups is 1. The first-order valence-corrected chi connectivity index (χ1v) is 9.31. The van der Waals surface area contributed by atoms with Crippen molar-refractivity contribution in [2.45, 2.75) is 58.7 Å². The maximum absolute atomic E-state index is 12.8. The number of nitriles is 1. The third-order valence-electron chi connectivity index (χ3n) is 4.38. The molecular weight excluding hydrogens is 338 g/mol. The Kier molecular flexibility index (Phi) is 7.36. The Bertz CT molecular complexity index is 756. The van der Waals surface area contributed by atoms with Gasteiger partial charge in [0, 0.05) is 23.8 Å². The molecule has 1 unspecified atom stereocenters. The molecule has 27 heavy (non-hydrogen) atoms. The van der Waals surface area contributed by atoms with E-state index in [2.05, 4.69) is 17.1 Å². The highest BCUT2D eigenvalue weighted by Gasteiger charge is 2.25. The van der Waals surface area contributed by atoms with Crippen molar-refractivity contribution in [1.82, 2.24) is 9.88 Å². The first-order valence-electron chi connectivity index (χ1n) is 9.31. The second-order valence-corrected chi connectivity index (χ2v) is 7.08. The first-order chi connectivity index (χ1) is 12.9. The van der Waals surface area contributed by atoms with E-state index in [0.29, 0.717) is 12.1 Å². The number of hydrogen-bond donors (Lipinski definition) is 0. The minimum atomic E-state index is -0.419. The highest BCUT2D eigenvalue weighted by molar-refractivity contribution is 5.68. The van der Waals surface area contributed by atoms with Gasteiger partial charge in [-0.15, -0.1) is 0 Å². The van der Waals surface area contributed by atoms with Crippen LogP contribution in [0.25, 0.3) is 0 Å². The van der Waals surface area contributed by atoms with Crippen molar-refractivity contribution < 1.29 is 9.53 Å². The molecule has 0 fully saturated rings. The van der Waals surface area contributed by atoms with Crippen LogP contribution in [-0.4, -0.2) is 28.1 Å². The predicted molar refractivity (Wildman–Crippen MR) is 105 cm³/mol. The van der Waals surface area contributed by atoms with Gasteiger partial charge in [0.05, 0.1) is 0 Å². The summed E-state index contributed by atoms with van der Waals surface area (Å²) in [5.41, 5.74) is 2.33. The van der Waals surface area contributed by atoms with Gasteiger partial charge >= 0.3 is 6.09 Å². The molecule has 5 nitrogen and oxygen atoms in total. The van der Waals surface area contributed by atoms with Crippen LogP contribution >= 0.6 is 0 Å². The van der Waals surface area contributed by atoms with Crippen molar-refractivity contribution in [2.75, 3.05) is 0 Å². The highest BCUT2D eigenvalue weighted by atomic mass is 16.6.